The number of nitrogens with one attached hydrogen (secondary N) is 1. The third-order valence-electron chi connectivity index (χ3n) is 2.21. The topological polar surface area (TPSA) is 72.2 Å². The lowest BCUT2D eigenvalue weighted by molar-refractivity contribution is 0.435. The molecule has 1 atom stereocenters. The molecule has 92 valence electrons. The van der Waals surface area contributed by atoms with Crippen molar-refractivity contribution in [3.63, 3.8) is 0 Å². The summed E-state index contributed by atoms with van der Waals surface area (Å²) in [5, 5.41) is 3.07. The molecule has 5 nitrogen and oxygen atoms in total. The second kappa shape index (κ2) is 5.45. The Morgan fingerprint density at radius 1 is 1.56 bits per heavy atom. The van der Waals surface area contributed by atoms with Crippen molar-refractivity contribution in [3.8, 4) is 0 Å². The summed E-state index contributed by atoms with van der Waals surface area (Å²) in [5.74, 6) is 1.66. The number of hydrogen-bond acceptors (Lipinski definition) is 5. The maximum Gasteiger partial charge on any atom is 0.208 e. The molecular weight excluding hydrogens is 228 g/mol. The molecule has 1 N–H and O–H groups in total. The normalized spacial score (nSPS) is 13.9. The van der Waals surface area contributed by atoms with Gasteiger partial charge in [0.15, 0.2) is 9.84 Å². The fraction of sp³-hybridized carbons (Fsp3) is 0.700. The smallest absolute Gasteiger partial charge is 0.208 e. The summed E-state index contributed by atoms with van der Waals surface area (Å²) in [6.07, 6.45) is 1.64. The summed E-state index contributed by atoms with van der Waals surface area (Å²) in [6.45, 7) is 5.76. The van der Waals surface area contributed by atoms with Crippen LogP contribution in [0.5, 0.6) is 0 Å². The van der Waals surface area contributed by atoms with Crippen LogP contribution in [0.15, 0.2) is 10.6 Å². The first-order valence-electron chi connectivity index (χ1n) is 5.28. The van der Waals surface area contributed by atoms with E-state index < -0.39 is 9.84 Å². The van der Waals surface area contributed by atoms with Crippen molar-refractivity contribution in [3.05, 3.63) is 17.8 Å². The number of sulfone groups is 1. The predicted molar refractivity (Wildman–Crippen MR) is 61.9 cm³/mol. The molecule has 16 heavy (non-hydrogen) atoms. The summed E-state index contributed by atoms with van der Waals surface area (Å²) < 4.78 is 28.0. The van der Waals surface area contributed by atoms with E-state index in [1.54, 1.807) is 13.1 Å². The van der Waals surface area contributed by atoms with Crippen molar-refractivity contribution in [2.45, 2.75) is 33.4 Å². The van der Waals surface area contributed by atoms with Gasteiger partial charge in [-0.15, -0.1) is 0 Å². The minimum atomic E-state index is -2.93. The Bertz CT molecular complexity index is 425. The van der Waals surface area contributed by atoms with Gasteiger partial charge in [-0.3, -0.25) is 0 Å². The second-order valence-electron chi connectivity index (χ2n) is 3.85. The SMILES string of the molecule is CCS(=O)(=O)CC(C)NCc1ncc(C)o1. The molecule has 0 fully saturated rings. The standard InChI is InChI=1S/C10H18N2O3S/c1-4-16(13,14)7-8(2)11-6-10-12-5-9(3)15-10/h5,8,11H,4,6-7H2,1-3H3. The van der Waals surface area contributed by atoms with Gasteiger partial charge in [0, 0.05) is 11.8 Å². The Hall–Kier alpha value is -0.880. The van der Waals surface area contributed by atoms with Gasteiger partial charge in [0.1, 0.15) is 5.76 Å². The highest BCUT2D eigenvalue weighted by Crippen LogP contribution is 2.02. The molecule has 0 aliphatic rings. The van der Waals surface area contributed by atoms with E-state index in [9.17, 15) is 8.42 Å². The lowest BCUT2D eigenvalue weighted by atomic mass is 10.4. The molecule has 1 aromatic rings. The largest absolute Gasteiger partial charge is 0.445 e. The Balaban J connectivity index is 2.39. The van der Waals surface area contributed by atoms with Crippen LogP contribution in [-0.4, -0.2) is 30.9 Å². The van der Waals surface area contributed by atoms with E-state index in [0.717, 1.165) is 5.76 Å². The average Bonchev–Trinajstić information content (AvgIpc) is 2.61. The molecule has 6 heteroatoms. The van der Waals surface area contributed by atoms with E-state index in [0.29, 0.717) is 12.4 Å². The van der Waals surface area contributed by atoms with Crippen LogP contribution in [0.3, 0.4) is 0 Å². The number of hydrogen-bond donors (Lipinski definition) is 1. The van der Waals surface area contributed by atoms with E-state index >= 15 is 0 Å². The molecular formula is C10H18N2O3S. The van der Waals surface area contributed by atoms with E-state index in [1.165, 1.54) is 0 Å². The summed E-state index contributed by atoms with van der Waals surface area (Å²) in [4.78, 5) is 4.03. The zero-order chi connectivity index (χ0) is 12.2. The van der Waals surface area contributed by atoms with Crippen LogP contribution in [0, 0.1) is 6.92 Å². The molecule has 0 spiro atoms. The molecule has 0 radical (unpaired) electrons. The van der Waals surface area contributed by atoms with Crippen molar-refractivity contribution >= 4 is 9.84 Å². The highest BCUT2D eigenvalue weighted by atomic mass is 32.2. The maximum atomic E-state index is 11.3. The van der Waals surface area contributed by atoms with Crippen molar-refractivity contribution in [1.82, 2.24) is 10.3 Å². The Labute approximate surface area is 96.2 Å². The average molecular weight is 246 g/mol. The van der Waals surface area contributed by atoms with Gasteiger partial charge < -0.3 is 9.73 Å². The molecule has 0 aliphatic carbocycles. The molecule has 0 aromatic carbocycles. The van der Waals surface area contributed by atoms with Crippen LogP contribution in [-0.2, 0) is 16.4 Å². The quantitative estimate of drug-likeness (QED) is 0.807. The number of rotatable bonds is 6. The van der Waals surface area contributed by atoms with Crippen LogP contribution in [0.1, 0.15) is 25.5 Å². The lowest BCUT2D eigenvalue weighted by Crippen LogP contribution is -2.33. The van der Waals surface area contributed by atoms with Crippen molar-refractivity contribution in [1.29, 1.82) is 0 Å². The molecule has 1 aromatic heterocycles. The van der Waals surface area contributed by atoms with Gasteiger partial charge in [0.25, 0.3) is 0 Å². The zero-order valence-electron chi connectivity index (χ0n) is 9.86. The van der Waals surface area contributed by atoms with Gasteiger partial charge >= 0.3 is 0 Å². The van der Waals surface area contributed by atoms with Gasteiger partial charge in [0.05, 0.1) is 18.5 Å². The van der Waals surface area contributed by atoms with Gasteiger partial charge in [-0.05, 0) is 13.8 Å². The van der Waals surface area contributed by atoms with Gasteiger partial charge in [-0.2, -0.15) is 0 Å². The maximum absolute atomic E-state index is 11.3. The highest BCUT2D eigenvalue weighted by Gasteiger charge is 2.13. The van der Waals surface area contributed by atoms with Gasteiger partial charge in [-0.25, -0.2) is 13.4 Å². The number of aryl methyl sites for hydroxylation is 1. The fourth-order valence-electron chi connectivity index (χ4n) is 1.30. The second-order valence-corrected chi connectivity index (χ2v) is 6.24. The first kappa shape index (κ1) is 13.2. The van der Waals surface area contributed by atoms with E-state index in [1.807, 2.05) is 13.8 Å². The number of oxazole rings is 1. The molecule has 0 bridgehead atoms. The summed E-state index contributed by atoms with van der Waals surface area (Å²) in [7, 11) is -2.93. The summed E-state index contributed by atoms with van der Waals surface area (Å²) in [6, 6.07) is -0.0999. The van der Waals surface area contributed by atoms with Crippen molar-refractivity contribution in [2.24, 2.45) is 0 Å². The molecule has 1 heterocycles. The van der Waals surface area contributed by atoms with Crippen LogP contribution in [0.2, 0.25) is 0 Å². The number of nitrogens with zero attached hydrogens (tertiary/aromatic N) is 1. The molecule has 0 amide bonds. The van der Waals surface area contributed by atoms with Crippen LogP contribution in [0.25, 0.3) is 0 Å². The van der Waals surface area contributed by atoms with E-state index in [4.69, 9.17) is 4.42 Å². The molecule has 0 saturated heterocycles. The minimum absolute atomic E-state index is 0.0999. The van der Waals surface area contributed by atoms with Crippen LogP contribution >= 0.6 is 0 Å². The third kappa shape index (κ3) is 4.32. The van der Waals surface area contributed by atoms with E-state index in [-0.39, 0.29) is 17.5 Å². The fourth-order valence-corrected chi connectivity index (χ4v) is 2.42. The molecule has 1 unspecified atom stereocenters. The van der Waals surface area contributed by atoms with Crippen LogP contribution < -0.4 is 5.32 Å². The molecule has 0 aliphatic heterocycles. The summed E-state index contributed by atoms with van der Waals surface area (Å²) >= 11 is 0. The predicted octanol–water partition coefficient (Wildman–Crippen LogP) is 0.896. The van der Waals surface area contributed by atoms with Crippen LogP contribution in [0.4, 0.5) is 0 Å². The zero-order valence-corrected chi connectivity index (χ0v) is 10.7. The monoisotopic (exact) mass is 246 g/mol. The first-order valence-corrected chi connectivity index (χ1v) is 7.10. The third-order valence-corrected chi connectivity index (χ3v) is 4.10. The highest BCUT2D eigenvalue weighted by molar-refractivity contribution is 7.91. The number of aromatic nitrogens is 1. The van der Waals surface area contributed by atoms with Crippen molar-refractivity contribution < 1.29 is 12.8 Å². The van der Waals surface area contributed by atoms with Crippen molar-refractivity contribution in [2.75, 3.05) is 11.5 Å². The minimum Gasteiger partial charge on any atom is -0.445 e. The first-order chi connectivity index (χ1) is 7.43. The summed E-state index contributed by atoms with van der Waals surface area (Å²) in [5.41, 5.74) is 0. The Morgan fingerprint density at radius 2 is 2.25 bits per heavy atom. The molecule has 1 rings (SSSR count). The van der Waals surface area contributed by atoms with E-state index in [2.05, 4.69) is 10.3 Å². The van der Waals surface area contributed by atoms with Gasteiger partial charge in [0.2, 0.25) is 5.89 Å². The Morgan fingerprint density at radius 3 is 2.75 bits per heavy atom. The van der Waals surface area contributed by atoms with Gasteiger partial charge in [-0.1, -0.05) is 6.92 Å². The lowest BCUT2D eigenvalue weighted by Gasteiger charge is -2.11. The molecule has 0 saturated carbocycles. The Kier molecular flexibility index (Phi) is 4.49.